The number of hydrogen-bond donors (Lipinski definition) is 1. The van der Waals surface area contributed by atoms with Crippen molar-refractivity contribution in [1.29, 1.82) is 0 Å². The Kier molecular flexibility index (Phi) is 5.26. The first-order valence-electron chi connectivity index (χ1n) is 9.16. The fraction of sp³-hybridized carbons (Fsp3) is 0.429. The van der Waals surface area contributed by atoms with Crippen LogP contribution in [0.5, 0.6) is 0 Å². The molecule has 1 N–H and O–H groups in total. The van der Waals surface area contributed by atoms with Gasteiger partial charge < -0.3 is 19.4 Å². The molecule has 3 rings (SSSR count). The van der Waals surface area contributed by atoms with Gasteiger partial charge in [-0.2, -0.15) is 0 Å². The van der Waals surface area contributed by atoms with Crippen LogP contribution >= 0.6 is 0 Å². The first-order chi connectivity index (χ1) is 12.8. The van der Waals surface area contributed by atoms with E-state index in [2.05, 4.69) is 4.98 Å². The maximum absolute atomic E-state index is 12.6. The van der Waals surface area contributed by atoms with Gasteiger partial charge in [0.25, 0.3) is 0 Å². The highest BCUT2D eigenvalue weighted by atomic mass is 16.6. The average Bonchev–Trinajstić information content (AvgIpc) is 2.99. The van der Waals surface area contributed by atoms with Gasteiger partial charge in [-0.3, -0.25) is 0 Å². The molecule has 2 aromatic rings. The number of hydrogen-bond acceptors (Lipinski definition) is 4. The van der Waals surface area contributed by atoms with E-state index < -0.39 is 5.60 Å². The summed E-state index contributed by atoms with van der Waals surface area (Å²) in [4.78, 5) is 30.0. The van der Waals surface area contributed by atoms with E-state index in [0.717, 1.165) is 22.2 Å². The van der Waals surface area contributed by atoms with Crippen LogP contribution < -0.4 is 0 Å². The zero-order valence-electron chi connectivity index (χ0n) is 16.3. The lowest BCUT2D eigenvalue weighted by Gasteiger charge is -2.27. The van der Waals surface area contributed by atoms with Gasteiger partial charge in [0, 0.05) is 24.0 Å². The summed E-state index contributed by atoms with van der Waals surface area (Å²) >= 11 is 0. The number of carbonyl (C=O) groups is 2. The summed E-state index contributed by atoms with van der Waals surface area (Å²) in [7, 11) is 1.38. The second kappa shape index (κ2) is 7.47. The van der Waals surface area contributed by atoms with Crippen LogP contribution in [-0.4, -0.2) is 47.7 Å². The molecule has 2 heterocycles. The van der Waals surface area contributed by atoms with E-state index in [1.165, 1.54) is 7.11 Å². The average molecular weight is 370 g/mol. The van der Waals surface area contributed by atoms with Gasteiger partial charge in [0.1, 0.15) is 5.60 Å². The lowest BCUT2D eigenvalue weighted by Crippen LogP contribution is -2.38. The molecule has 1 aromatic carbocycles. The Hall–Kier alpha value is -2.76. The first-order valence-corrected chi connectivity index (χ1v) is 9.16. The van der Waals surface area contributed by atoms with Crippen molar-refractivity contribution in [1.82, 2.24) is 9.88 Å². The van der Waals surface area contributed by atoms with Crippen LogP contribution in [0.4, 0.5) is 4.79 Å². The van der Waals surface area contributed by atoms with E-state index in [1.807, 2.05) is 51.1 Å². The number of methoxy groups -OCH3 is 1. The Morgan fingerprint density at radius 3 is 2.59 bits per heavy atom. The minimum absolute atomic E-state index is 0.334. The summed E-state index contributed by atoms with van der Waals surface area (Å²) in [6.07, 6.45) is 2.66. The largest absolute Gasteiger partial charge is 0.465 e. The van der Waals surface area contributed by atoms with Crippen LogP contribution in [0.25, 0.3) is 16.5 Å². The lowest BCUT2D eigenvalue weighted by atomic mass is 10.0. The Morgan fingerprint density at radius 2 is 1.89 bits per heavy atom. The molecule has 144 valence electrons. The number of rotatable bonds is 1. The summed E-state index contributed by atoms with van der Waals surface area (Å²) in [5, 5.41) is 1.05. The van der Waals surface area contributed by atoms with Crippen molar-refractivity contribution < 1.29 is 19.1 Å². The molecular formula is C21H26N2O4. The highest BCUT2D eigenvalue weighted by molar-refractivity contribution is 6.17. The van der Waals surface area contributed by atoms with Crippen molar-refractivity contribution >= 4 is 28.5 Å². The van der Waals surface area contributed by atoms with Gasteiger partial charge in [0.05, 0.1) is 18.4 Å². The number of aromatic nitrogens is 1. The molecule has 0 aliphatic carbocycles. The summed E-state index contributed by atoms with van der Waals surface area (Å²) in [6.45, 7) is 6.57. The molecule has 0 atom stereocenters. The van der Waals surface area contributed by atoms with E-state index >= 15 is 0 Å². The predicted molar refractivity (Wildman–Crippen MR) is 104 cm³/mol. The van der Waals surface area contributed by atoms with Gasteiger partial charge in [-0.1, -0.05) is 24.3 Å². The predicted octanol–water partition coefficient (Wildman–Crippen LogP) is 3.91. The first kappa shape index (κ1) is 19.0. The molecule has 0 saturated heterocycles. The molecule has 1 amide bonds. The number of fused-ring (bicyclic) bond motifs is 3. The molecule has 0 spiro atoms. The Morgan fingerprint density at radius 1 is 1.15 bits per heavy atom. The number of nitrogens with one attached hydrogen (secondary N) is 1. The quantitative estimate of drug-likeness (QED) is 0.773. The molecule has 1 aliphatic rings. The number of para-hydroxylation sites is 1. The number of amides is 1. The number of benzene rings is 1. The van der Waals surface area contributed by atoms with Crippen molar-refractivity contribution in [3.63, 3.8) is 0 Å². The minimum atomic E-state index is -0.547. The molecule has 0 fully saturated rings. The van der Waals surface area contributed by atoms with E-state index in [1.54, 1.807) is 4.90 Å². The van der Waals surface area contributed by atoms with Gasteiger partial charge in [-0.05, 0) is 45.2 Å². The molecule has 6 heteroatoms. The third kappa shape index (κ3) is 4.15. The van der Waals surface area contributed by atoms with E-state index in [0.29, 0.717) is 31.5 Å². The molecule has 1 aliphatic heterocycles. The van der Waals surface area contributed by atoms with Crippen molar-refractivity contribution in [2.24, 2.45) is 0 Å². The standard InChI is InChI=1S/C21H26N2O4/c1-21(2,3)27-20(25)23-12-7-9-16(19(24)26-4)18-15(11-13-23)14-8-5-6-10-17(14)22-18/h5-6,8-10,22H,7,11-13H2,1-4H3/b16-9+. The molecular weight excluding hydrogens is 344 g/mol. The van der Waals surface area contributed by atoms with E-state index in [4.69, 9.17) is 9.47 Å². The third-order valence-electron chi connectivity index (χ3n) is 4.52. The van der Waals surface area contributed by atoms with Crippen molar-refractivity contribution in [2.75, 3.05) is 20.2 Å². The molecule has 0 saturated carbocycles. The number of nitrogens with zero attached hydrogens (tertiary/aromatic N) is 1. The van der Waals surface area contributed by atoms with E-state index in [9.17, 15) is 9.59 Å². The fourth-order valence-corrected chi connectivity index (χ4v) is 3.32. The Labute approximate surface area is 159 Å². The zero-order valence-corrected chi connectivity index (χ0v) is 16.3. The normalized spacial score (nSPS) is 17.2. The summed E-state index contributed by atoms with van der Waals surface area (Å²) in [6, 6.07) is 7.92. The highest BCUT2D eigenvalue weighted by Crippen LogP contribution is 2.30. The Balaban J connectivity index is 2.00. The fourth-order valence-electron chi connectivity index (χ4n) is 3.32. The summed E-state index contributed by atoms with van der Waals surface area (Å²) in [5.74, 6) is -0.381. The molecule has 1 aromatic heterocycles. The van der Waals surface area contributed by atoms with Crippen LogP contribution in [-0.2, 0) is 20.7 Å². The number of aromatic amines is 1. The molecule has 0 bridgehead atoms. The smallest absolute Gasteiger partial charge is 0.410 e. The molecule has 27 heavy (non-hydrogen) atoms. The topological polar surface area (TPSA) is 71.6 Å². The van der Waals surface area contributed by atoms with Gasteiger partial charge in [0.15, 0.2) is 0 Å². The number of esters is 1. The molecule has 0 radical (unpaired) electrons. The monoisotopic (exact) mass is 370 g/mol. The number of carbonyl (C=O) groups excluding carboxylic acids is 2. The zero-order chi connectivity index (χ0) is 19.6. The summed E-state index contributed by atoms with van der Waals surface area (Å²) < 4.78 is 10.5. The molecule has 6 nitrogen and oxygen atoms in total. The van der Waals surface area contributed by atoms with Gasteiger partial charge >= 0.3 is 12.1 Å². The van der Waals surface area contributed by atoms with Crippen LogP contribution in [0.3, 0.4) is 0 Å². The number of ether oxygens (including phenoxy) is 2. The maximum Gasteiger partial charge on any atom is 0.410 e. The highest BCUT2D eigenvalue weighted by Gasteiger charge is 2.26. The third-order valence-corrected chi connectivity index (χ3v) is 4.52. The van der Waals surface area contributed by atoms with Crippen LogP contribution in [0, 0.1) is 0 Å². The van der Waals surface area contributed by atoms with Crippen molar-refractivity contribution in [2.45, 2.75) is 39.2 Å². The second-order valence-corrected chi connectivity index (χ2v) is 7.64. The van der Waals surface area contributed by atoms with Crippen molar-refractivity contribution in [3.8, 4) is 0 Å². The Bertz CT molecular complexity index is 889. The van der Waals surface area contributed by atoms with Crippen LogP contribution in [0.2, 0.25) is 0 Å². The lowest BCUT2D eigenvalue weighted by molar-refractivity contribution is -0.133. The van der Waals surface area contributed by atoms with Gasteiger partial charge in [0.2, 0.25) is 0 Å². The molecule has 0 unspecified atom stereocenters. The minimum Gasteiger partial charge on any atom is -0.465 e. The van der Waals surface area contributed by atoms with Gasteiger partial charge in [-0.15, -0.1) is 0 Å². The SMILES string of the molecule is COC(=O)/C1=C/CCN(C(=O)OC(C)(C)C)CCc2c1[nH]c1ccccc21. The second-order valence-electron chi connectivity index (χ2n) is 7.64. The van der Waals surface area contributed by atoms with Gasteiger partial charge in [-0.25, -0.2) is 9.59 Å². The van der Waals surface area contributed by atoms with Crippen molar-refractivity contribution in [3.05, 3.63) is 41.6 Å². The summed E-state index contributed by atoms with van der Waals surface area (Å²) in [5.41, 5.74) is 2.71. The maximum atomic E-state index is 12.6. The van der Waals surface area contributed by atoms with E-state index in [-0.39, 0.29) is 12.1 Å². The van der Waals surface area contributed by atoms with Crippen LogP contribution in [0.15, 0.2) is 30.3 Å². The van der Waals surface area contributed by atoms with Crippen LogP contribution in [0.1, 0.15) is 38.4 Å². The number of H-pyrrole nitrogens is 1.